The van der Waals surface area contributed by atoms with E-state index < -0.39 is 5.82 Å². The van der Waals surface area contributed by atoms with Gasteiger partial charge in [-0.1, -0.05) is 32.7 Å². The van der Waals surface area contributed by atoms with Crippen LogP contribution in [-0.4, -0.2) is 10.1 Å². The van der Waals surface area contributed by atoms with Crippen molar-refractivity contribution in [1.29, 1.82) is 0 Å². The Kier molecular flexibility index (Phi) is 3.65. The molecule has 0 unspecified atom stereocenters. The van der Waals surface area contributed by atoms with Gasteiger partial charge in [-0.2, -0.15) is 4.98 Å². The molecule has 0 aliphatic heterocycles. The van der Waals surface area contributed by atoms with Crippen LogP contribution < -0.4 is 5.73 Å². The van der Waals surface area contributed by atoms with E-state index in [9.17, 15) is 4.39 Å². The predicted molar refractivity (Wildman–Crippen MR) is 82.3 cm³/mol. The Bertz CT molecular complexity index is 822. The fourth-order valence-corrected chi connectivity index (χ4v) is 2.37. The number of anilines is 1. The number of hydrogen-bond donors (Lipinski definition) is 1. The Morgan fingerprint density at radius 2 is 2.00 bits per heavy atom. The van der Waals surface area contributed by atoms with Crippen molar-refractivity contribution < 1.29 is 8.91 Å². The topological polar surface area (TPSA) is 64.9 Å². The smallest absolute Gasteiger partial charge is 0.260 e. The number of aromatic nitrogens is 2. The van der Waals surface area contributed by atoms with Crippen LogP contribution in [0.5, 0.6) is 0 Å². The van der Waals surface area contributed by atoms with E-state index in [-0.39, 0.29) is 10.9 Å². The van der Waals surface area contributed by atoms with Crippen molar-refractivity contribution in [2.45, 2.75) is 0 Å². The summed E-state index contributed by atoms with van der Waals surface area (Å²) in [5, 5.41) is 3.86. The van der Waals surface area contributed by atoms with E-state index in [1.807, 2.05) is 6.07 Å². The molecule has 2 aromatic carbocycles. The van der Waals surface area contributed by atoms with Crippen LogP contribution in [-0.2, 0) is 0 Å². The molecule has 1 aromatic heterocycles. The third-order valence-electron chi connectivity index (χ3n) is 2.85. The molecule has 0 amide bonds. The summed E-state index contributed by atoms with van der Waals surface area (Å²) in [4.78, 5) is 4.26. The standard InChI is InChI=1S/C14H8BrClFN3O/c15-8-2-3-9(12(18)6-8)14-19-13(20-21-14)7-1-4-11(17)10(16)5-7/h1-6H,18H2. The first kappa shape index (κ1) is 14.0. The molecular formula is C14H8BrClFN3O. The van der Waals surface area contributed by atoms with Gasteiger partial charge in [0, 0.05) is 15.7 Å². The predicted octanol–water partition coefficient (Wildman–Crippen LogP) is 4.54. The van der Waals surface area contributed by atoms with E-state index in [1.54, 1.807) is 12.1 Å². The summed E-state index contributed by atoms with van der Waals surface area (Å²) in [5.41, 5.74) is 7.62. The van der Waals surface area contributed by atoms with E-state index in [0.29, 0.717) is 22.6 Å². The lowest BCUT2D eigenvalue weighted by atomic mass is 10.2. The van der Waals surface area contributed by atoms with Crippen LogP contribution in [0, 0.1) is 5.82 Å². The number of nitrogens with two attached hydrogens (primary N) is 1. The number of nitrogens with zero attached hydrogens (tertiary/aromatic N) is 2. The third-order valence-corrected chi connectivity index (χ3v) is 3.63. The molecule has 0 aliphatic rings. The van der Waals surface area contributed by atoms with Crippen LogP contribution in [0.2, 0.25) is 5.02 Å². The molecule has 0 fully saturated rings. The second kappa shape index (κ2) is 5.46. The van der Waals surface area contributed by atoms with Gasteiger partial charge in [0.1, 0.15) is 5.82 Å². The Morgan fingerprint density at radius 3 is 2.71 bits per heavy atom. The molecule has 3 aromatic rings. The number of benzene rings is 2. The largest absolute Gasteiger partial charge is 0.398 e. The lowest BCUT2D eigenvalue weighted by Crippen LogP contribution is -1.90. The van der Waals surface area contributed by atoms with Crippen LogP contribution in [0.15, 0.2) is 45.4 Å². The van der Waals surface area contributed by atoms with Gasteiger partial charge < -0.3 is 10.3 Å². The minimum Gasteiger partial charge on any atom is -0.398 e. The summed E-state index contributed by atoms with van der Waals surface area (Å²) in [6.45, 7) is 0. The Hall–Kier alpha value is -1.92. The van der Waals surface area contributed by atoms with Gasteiger partial charge in [-0.3, -0.25) is 0 Å². The Morgan fingerprint density at radius 1 is 1.19 bits per heavy atom. The van der Waals surface area contributed by atoms with E-state index in [1.165, 1.54) is 18.2 Å². The normalized spacial score (nSPS) is 10.8. The van der Waals surface area contributed by atoms with Gasteiger partial charge in [0.15, 0.2) is 0 Å². The van der Waals surface area contributed by atoms with Crippen molar-refractivity contribution in [2.75, 3.05) is 5.73 Å². The fraction of sp³-hybridized carbons (Fsp3) is 0. The summed E-state index contributed by atoms with van der Waals surface area (Å²) in [7, 11) is 0. The monoisotopic (exact) mass is 367 g/mol. The SMILES string of the molecule is Nc1cc(Br)ccc1-c1nc(-c2ccc(F)c(Cl)c2)no1. The van der Waals surface area contributed by atoms with Crippen molar-refractivity contribution in [1.82, 2.24) is 10.1 Å². The van der Waals surface area contributed by atoms with E-state index >= 15 is 0 Å². The van der Waals surface area contributed by atoms with Crippen LogP contribution in [0.1, 0.15) is 0 Å². The van der Waals surface area contributed by atoms with Crippen molar-refractivity contribution in [3.05, 3.63) is 51.7 Å². The van der Waals surface area contributed by atoms with Gasteiger partial charge in [0.05, 0.1) is 10.6 Å². The molecule has 0 saturated carbocycles. The van der Waals surface area contributed by atoms with Crippen molar-refractivity contribution in [2.24, 2.45) is 0 Å². The zero-order valence-electron chi connectivity index (χ0n) is 10.5. The van der Waals surface area contributed by atoms with Crippen LogP contribution >= 0.6 is 27.5 Å². The number of halogens is 3. The van der Waals surface area contributed by atoms with E-state index in [0.717, 1.165) is 4.47 Å². The fourth-order valence-electron chi connectivity index (χ4n) is 1.81. The highest BCUT2D eigenvalue weighted by Crippen LogP contribution is 2.29. The first-order valence-electron chi connectivity index (χ1n) is 5.89. The van der Waals surface area contributed by atoms with E-state index in [4.69, 9.17) is 21.9 Å². The molecule has 21 heavy (non-hydrogen) atoms. The molecule has 0 radical (unpaired) electrons. The molecule has 2 N–H and O–H groups in total. The molecular weight excluding hydrogens is 361 g/mol. The van der Waals surface area contributed by atoms with E-state index in [2.05, 4.69) is 26.1 Å². The van der Waals surface area contributed by atoms with Gasteiger partial charge in [-0.25, -0.2) is 4.39 Å². The first-order chi connectivity index (χ1) is 10.0. The molecule has 1 heterocycles. The summed E-state index contributed by atoms with van der Waals surface area (Å²) in [6, 6.07) is 9.56. The van der Waals surface area contributed by atoms with Crippen molar-refractivity contribution in [3.63, 3.8) is 0 Å². The highest BCUT2D eigenvalue weighted by atomic mass is 79.9. The highest BCUT2D eigenvalue weighted by molar-refractivity contribution is 9.10. The lowest BCUT2D eigenvalue weighted by Gasteiger charge is -2.00. The molecule has 4 nitrogen and oxygen atoms in total. The second-order valence-corrected chi connectivity index (χ2v) is 5.61. The molecule has 0 atom stereocenters. The minimum absolute atomic E-state index is 0.00186. The number of nitrogen functional groups attached to an aromatic ring is 1. The highest BCUT2D eigenvalue weighted by Gasteiger charge is 2.14. The van der Waals surface area contributed by atoms with Crippen LogP contribution in [0.3, 0.4) is 0 Å². The van der Waals surface area contributed by atoms with Crippen molar-refractivity contribution in [3.8, 4) is 22.8 Å². The molecule has 106 valence electrons. The summed E-state index contributed by atoms with van der Waals surface area (Å²) in [6.07, 6.45) is 0. The van der Waals surface area contributed by atoms with Gasteiger partial charge in [0.2, 0.25) is 5.82 Å². The maximum absolute atomic E-state index is 13.2. The number of rotatable bonds is 2. The minimum atomic E-state index is -0.499. The Balaban J connectivity index is 2.01. The quantitative estimate of drug-likeness (QED) is 0.674. The van der Waals surface area contributed by atoms with Crippen molar-refractivity contribution >= 4 is 33.2 Å². The maximum atomic E-state index is 13.2. The molecule has 0 spiro atoms. The van der Waals surface area contributed by atoms with Crippen LogP contribution in [0.25, 0.3) is 22.8 Å². The van der Waals surface area contributed by atoms with Gasteiger partial charge >= 0.3 is 0 Å². The average molecular weight is 369 g/mol. The molecule has 7 heteroatoms. The molecule has 0 saturated heterocycles. The average Bonchev–Trinajstić information content (AvgIpc) is 2.91. The summed E-state index contributed by atoms with van der Waals surface area (Å²) in [5.74, 6) is 0.103. The second-order valence-electron chi connectivity index (χ2n) is 4.28. The zero-order valence-corrected chi connectivity index (χ0v) is 12.8. The van der Waals surface area contributed by atoms with Crippen LogP contribution in [0.4, 0.5) is 10.1 Å². The first-order valence-corrected chi connectivity index (χ1v) is 7.06. The third kappa shape index (κ3) is 2.77. The van der Waals surface area contributed by atoms with Gasteiger partial charge in [-0.15, -0.1) is 0 Å². The summed E-state index contributed by atoms with van der Waals surface area (Å²) < 4.78 is 19.2. The molecule has 0 aliphatic carbocycles. The molecule has 0 bridgehead atoms. The Labute approximate surface area is 132 Å². The number of hydrogen-bond acceptors (Lipinski definition) is 4. The summed E-state index contributed by atoms with van der Waals surface area (Å²) >= 11 is 9.07. The lowest BCUT2D eigenvalue weighted by molar-refractivity contribution is 0.432. The van der Waals surface area contributed by atoms with Gasteiger partial charge in [-0.05, 0) is 36.4 Å². The zero-order chi connectivity index (χ0) is 15.0. The molecule has 3 rings (SSSR count). The maximum Gasteiger partial charge on any atom is 0.260 e. The van der Waals surface area contributed by atoms with Gasteiger partial charge in [0.25, 0.3) is 5.89 Å².